The van der Waals surface area contributed by atoms with Crippen molar-refractivity contribution in [2.24, 2.45) is 5.92 Å². The third-order valence-corrected chi connectivity index (χ3v) is 2.32. The largest absolute Gasteiger partial charge is 0.134 e. The normalized spacial score (nSPS) is 43.0. The Kier molecular flexibility index (Phi) is 1.15. The van der Waals surface area contributed by atoms with Crippen molar-refractivity contribution < 1.29 is 0 Å². The minimum absolute atomic E-state index is 0.981. The summed E-state index contributed by atoms with van der Waals surface area (Å²) < 4.78 is 0. The van der Waals surface area contributed by atoms with Gasteiger partial charge >= 0.3 is 0 Å². The molecule has 0 aromatic heterocycles. The van der Waals surface area contributed by atoms with Crippen LogP contribution in [-0.4, -0.2) is 5.66 Å². The second kappa shape index (κ2) is 1.50. The quantitative estimate of drug-likeness (QED) is 0.442. The fraction of sp³-hybridized carbons (Fsp3) is 1.00. The maximum atomic E-state index is 2.85. The van der Waals surface area contributed by atoms with Gasteiger partial charge in [-0.2, -0.15) is 0 Å². The van der Waals surface area contributed by atoms with Crippen molar-refractivity contribution in [3.8, 4) is 0 Å². The van der Waals surface area contributed by atoms with E-state index in [2.05, 4.69) is 16.2 Å². The summed E-state index contributed by atoms with van der Waals surface area (Å²) >= 11 is 0. The summed E-state index contributed by atoms with van der Waals surface area (Å²) in [6.45, 7) is 2.26. The molecule has 0 N–H and O–H groups in total. The van der Waals surface area contributed by atoms with Crippen LogP contribution >= 0.6 is 9.24 Å². The fourth-order valence-corrected chi connectivity index (χ4v) is 1.36. The molecular weight excluding hydrogens is 91.0 g/mol. The monoisotopic (exact) mass is 102 g/mol. The first-order valence-corrected chi connectivity index (χ1v) is 3.27. The number of hydrogen-bond donors (Lipinski definition) is 0. The highest BCUT2D eigenvalue weighted by Gasteiger charge is 2.30. The molecule has 0 amide bonds. The Morgan fingerprint density at radius 3 is 2.33 bits per heavy atom. The molecule has 0 spiro atoms. The van der Waals surface area contributed by atoms with E-state index >= 15 is 0 Å². The summed E-state index contributed by atoms with van der Waals surface area (Å²) in [5, 5.41) is 0. The van der Waals surface area contributed by atoms with Gasteiger partial charge in [0.15, 0.2) is 0 Å². The van der Waals surface area contributed by atoms with Crippen LogP contribution in [0.3, 0.4) is 0 Å². The van der Waals surface area contributed by atoms with Gasteiger partial charge < -0.3 is 0 Å². The maximum absolute atomic E-state index is 2.85. The van der Waals surface area contributed by atoms with Crippen LogP contribution in [0.1, 0.15) is 19.8 Å². The second-order valence-corrected chi connectivity index (χ2v) is 2.92. The lowest BCUT2D eigenvalue weighted by molar-refractivity contribution is 0.803. The Bertz CT molecular complexity index is 49.9. The zero-order valence-corrected chi connectivity index (χ0v) is 5.30. The van der Waals surface area contributed by atoms with E-state index in [1.807, 2.05) is 0 Å². The summed E-state index contributed by atoms with van der Waals surface area (Å²) in [4.78, 5) is 0. The molecule has 36 valence electrons. The molecule has 0 nitrogen and oxygen atoms in total. The maximum Gasteiger partial charge on any atom is -0.0233 e. The van der Waals surface area contributed by atoms with Crippen LogP contribution in [-0.2, 0) is 0 Å². The fourth-order valence-electron chi connectivity index (χ4n) is 0.740. The molecule has 0 radical (unpaired) electrons. The minimum Gasteiger partial charge on any atom is -0.134 e. The highest BCUT2D eigenvalue weighted by atomic mass is 31.0. The minimum atomic E-state index is 0.981. The molecule has 2 unspecified atom stereocenters. The van der Waals surface area contributed by atoms with Crippen LogP contribution in [0, 0.1) is 5.92 Å². The van der Waals surface area contributed by atoms with Gasteiger partial charge in [0.05, 0.1) is 0 Å². The van der Waals surface area contributed by atoms with Crippen LogP contribution in [0.15, 0.2) is 0 Å². The first-order chi connectivity index (χ1) is 2.84. The van der Waals surface area contributed by atoms with Crippen molar-refractivity contribution in [1.82, 2.24) is 0 Å². The highest BCUT2D eigenvalue weighted by Crippen LogP contribution is 2.39. The van der Waals surface area contributed by atoms with E-state index in [1.54, 1.807) is 0 Å². The van der Waals surface area contributed by atoms with Gasteiger partial charge in [0.25, 0.3) is 0 Å². The van der Waals surface area contributed by atoms with Crippen LogP contribution in [0.2, 0.25) is 0 Å². The van der Waals surface area contributed by atoms with Gasteiger partial charge in [0.1, 0.15) is 0 Å². The van der Waals surface area contributed by atoms with E-state index in [4.69, 9.17) is 0 Å². The first kappa shape index (κ1) is 4.59. The second-order valence-electron chi connectivity index (χ2n) is 2.07. The summed E-state index contributed by atoms with van der Waals surface area (Å²) in [5.74, 6) is 1.06. The lowest BCUT2D eigenvalue weighted by atomic mass is 10.3. The Morgan fingerprint density at radius 1 is 1.83 bits per heavy atom. The average molecular weight is 102 g/mol. The third kappa shape index (κ3) is 0.733. The summed E-state index contributed by atoms with van der Waals surface area (Å²) in [7, 11) is 2.85. The van der Waals surface area contributed by atoms with Crippen molar-refractivity contribution in [2.45, 2.75) is 25.4 Å². The molecule has 0 aliphatic heterocycles. The molecule has 1 aliphatic rings. The van der Waals surface area contributed by atoms with Crippen molar-refractivity contribution in [2.75, 3.05) is 0 Å². The van der Waals surface area contributed by atoms with Gasteiger partial charge in [-0.15, -0.1) is 9.24 Å². The smallest absolute Gasteiger partial charge is 0.0233 e. The molecule has 6 heavy (non-hydrogen) atoms. The molecule has 1 rings (SSSR count). The third-order valence-electron chi connectivity index (χ3n) is 1.50. The molecule has 0 aromatic rings. The lowest BCUT2D eigenvalue weighted by Crippen LogP contribution is -1.69. The highest BCUT2D eigenvalue weighted by molar-refractivity contribution is 7.18. The zero-order valence-electron chi connectivity index (χ0n) is 4.15. The van der Waals surface area contributed by atoms with Crippen LogP contribution in [0.5, 0.6) is 0 Å². The van der Waals surface area contributed by atoms with E-state index in [9.17, 15) is 0 Å². The van der Waals surface area contributed by atoms with E-state index in [0.717, 1.165) is 11.6 Å². The van der Waals surface area contributed by atoms with Crippen LogP contribution < -0.4 is 0 Å². The Labute approximate surface area is 41.5 Å². The molecule has 1 fully saturated rings. The SMILES string of the molecule is CC[C@H]1CC1P. The number of rotatable bonds is 1. The van der Waals surface area contributed by atoms with E-state index in [0.29, 0.717) is 0 Å². The van der Waals surface area contributed by atoms with Crippen LogP contribution in [0.4, 0.5) is 0 Å². The Hall–Kier alpha value is 0.430. The van der Waals surface area contributed by atoms with E-state index in [1.165, 1.54) is 12.8 Å². The van der Waals surface area contributed by atoms with E-state index in [-0.39, 0.29) is 0 Å². The molecule has 1 aliphatic carbocycles. The lowest BCUT2D eigenvalue weighted by Gasteiger charge is -1.79. The van der Waals surface area contributed by atoms with E-state index < -0.39 is 0 Å². The molecule has 3 atom stereocenters. The number of hydrogen-bond acceptors (Lipinski definition) is 0. The van der Waals surface area contributed by atoms with Gasteiger partial charge in [0.2, 0.25) is 0 Å². The zero-order chi connectivity index (χ0) is 4.57. The van der Waals surface area contributed by atoms with Crippen molar-refractivity contribution in [3.63, 3.8) is 0 Å². The standard InChI is InChI=1S/C5H11P/c1-2-4-3-5(4)6/h4-5H,2-3,6H2,1H3/t4-,5?/m0/s1. The van der Waals surface area contributed by atoms with Crippen molar-refractivity contribution in [1.29, 1.82) is 0 Å². The predicted octanol–water partition coefficient (Wildman–Crippen LogP) is 1.66. The summed E-state index contributed by atoms with van der Waals surface area (Å²) in [5.41, 5.74) is 0.981. The van der Waals surface area contributed by atoms with Gasteiger partial charge in [-0.05, 0) is 18.0 Å². The molecule has 0 saturated heterocycles. The van der Waals surface area contributed by atoms with Gasteiger partial charge in [-0.25, -0.2) is 0 Å². The summed E-state index contributed by atoms with van der Waals surface area (Å²) in [6.07, 6.45) is 2.84. The van der Waals surface area contributed by atoms with Crippen LogP contribution in [0.25, 0.3) is 0 Å². The molecule has 1 saturated carbocycles. The molecule has 0 aromatic carbocycles. The topological polar surface area (TPSA) is 0 Å². The molecule has 1 heteroatoms. The molecule has 0 bridgehead atoms. The average Bonchev–Trinajstić information content (AvgIpc) is 2.19. The molecule has 0 heterocycles. The van der Waals surface area contributed by atoms with Gasteiger partial charge in [0, 0.05) is 0 Å². The first-order valence-electron chi connectivity index (χ1n) is 2.60. The molecular formula is C5H11P. The Morgan fingerprint density at radius 2 is 2.33 bits per heavy atom. The predicted molar refractivity (Wildman–Crippen MR) is 31.9 cm³/mol. The summed E-state index contributed by atoms with van der Waals surface area (Å²) in [6, 6.07) is 0. The van der Waals surface area contributed by atoms with Gasteiger partial charge in [-0.1, -0.05) is 13.3 Å². The Balaban J connectivity index is 2.09. The van der Waals surface area contributed by atoms with Crippen molar-refractivity contribution in [3.05, 3.63) is 0 Å². The van der Waals surface area contributed by atoms with Gasteiger partial charge in [-0.3, -0.25) is 0 Å². The van der Waals surface area contributed by atoms with Crippen molar-refractivity contribution >= 4 is 9.24 Å².